The summed E-state index contributed by atoms with van der Waals surface area (Å²) in [6, 6.07) is -0.796. The van der Waals surface area contributed by atoms with Gasteiger partial charge in [-0.05, 0) is 77.0 Å². The highest BCUT2D eigenvalue weighted by atomic mass is 31.2. The molecule has 8 nitrogen and oxygen atoms in total. The molecule has 0 fully saturated rings. The summed E-state index contributed by atoms with van der Waals surface area (Å²) in [5.74, 6) is -0.213. The Balaban J connectivity index is 4.30. The van der Waals surface area contributed by atoms with Crippen LogP contribution in [0.4, 0.5) is 0 Å². The van der Waals surface area contributed by atoms with Crippen LogP contribution in [0.3, 0.4) is 0 Å². The second kappa shape index (κ2) is 39.6. The van der Waals surface area contributed by atoms with Gasteiger partial charge in [0.15, 0.2) is 0 Å². The van der Waals surface area contributed by atoms with Gasteiger partial charge in [-0.1, -0.05) is 168 Å². The molecule has 0 aromatic carbocycles. The number of aliphatic hydroxyl groups is 1. The highest BCUT2D eigenvalue weighted by Crippen LogP contribution is 2.43. The van der Waals surface area contributed by atoms with Crippen molar-refractivity contribution in [1.29, 1.82) is 0 Å². The molecule has 0 radical (unpaired) electrons. The quantitative estimate of drug-likeness (QED) is 0.0248. The first kappa shape index (κ1) is 55.2. The maximum Gasteiger partial charge on any atom is 0.472 e. The first-order chi connectivity index (χ1) is 28.0. The number of quaternary nitrogens is 1. The summed E-state index contributed by atoms with van der Waals surface area (Å²) < 4.78 is 23.4. The monoisotopic (exact) mass is 828 g/mol. The van der Waals surface area contributed by atoms with E-state index in [1.54, 1.807) is 0 Å². The normalized spacial score (nSPS) is 15.4. The Labute approximate surface area is 355 Å². The standard InChI is InChI=1S/C49H83N2O6P/c1-6-8-10-12-14-15-16-17-18-19-20-21-22-23-24-25-26-27-28-29-30-31-32-33-34-35-37-39-41-43-49(53)50-47(48(52)42-40-38-36-13-11-9-7-2)46-57-58(54,55)56-45-44-51(3,4)5/h8,10,14-15,17-18,20-21,23-24,26-27,29-30,32-33,35,37,47-48,52H,6-7,9,11-13,16,19,22,25,28,31,34,36,38-46H2,1-5H3,(H-,50,53,54,55)/p+1/b10-8-,15-14-,18-17-,21-20-,24-23-,27-26-,30-29-,33-32-,37-35-. The molecular formula is C49H84N2O6P+. The molecule has 3 N–H and O–H groups in total. The fraction of sp³-hybridized carbons (Fsp3) is 0.612. The zero-order chi connectivity index (χ0) is 42.8. The average Bonchev–Trinajstić information content (AvgIpc) is 3.17. The van der Waals surface area contributed by atoms with Crippen molar-refractivity contribution in [3.05, 3.63) is 109 Å². The zero-order valence-electron chi connectivity index (χ0n) is 37.2. The van der Waals surface area contributed by atoms with Crippen LogP contribution in [0.2, 0.25) is 0 Å². The van der Waals surface area contributed by atoms with Crippen molar-refractivity contribution in [3.8, 4) is 0 Å². The Morgan fingerprint density at radius 3 is 1.45 bits per heavy atom. The van der Waals surface area contributed by atoms with Crippen LogP contribution >= 0.6 is 7.82 Å². The van der Waals surface area contributed by atoms with Crippen molar-refractivity contribution in [1.82, 2.24) is 5.32 Å². The van der Waals surface area contributed by atoms with Crippen LogP contribution in [-0.4, -0.2) is 73.4 Å². The molecule has 0 aliphatic carbocycles. The largest absolute Gasteiger partial charge is 0.472 e. The molecule has 0 aromatic heterocycles. The SMILES string of the molecule is CC/C=C\C/C=C\C/C=C\C/C=C\C/C=C\C/C=C\C/C=C\C/C=C\C/C=C\CCCC(=O)NC(COP(=O)(O)OCC[N+](C)(C)C)C(O)CCCCCCCCC. The lowest BCUT2D eigenvalue weighted by atomic mass is 10.0. The predicted octanol–water partition coefficient (Wildman–Crippen LogP) is 12.5. The third-order valence-corrected chi connectivity index (χ3v) is 10.0. The molecule has 330 valence electrons. The van der Waals surface area contributed by atoms with Gasteiger partial charge in [-0.15, -0.1) is 0 Å². The molecule has 3 unspecified atom stereocenters. The second-order valence-corrected chi connectivity index (χ2v) is 17.1. The van der Waals surface area contributed by atoms with Gasteiger partial charge in [0.25, 0.3) is 0 Å². The van der Waals surface area contributed by atoms with Crippen molar-refractivity contribution in [3.63, 3.8) is 0 Å². The van der Waals surface area contributed by atoms with Gasteiger partial charge in [0.05, 0.1) is 39.9 Å². The van der Waals surface area contributed by atoms with E-state index in [-0.39, 0.29) is 19.1 Å². The fourth-order valence-electron chi connectivity index (χ4n) is 5.51. The third kappa shape index (κ3) is 41.3. The van der Waals surface area contributed by atoms with E-state index < -0.39 is 20.0 Å². The minimum atomic E-state index is -4.33. The molecule has 0 aliphatic rings. The molecular weight excluding hydrogens is 744 g/mol. The molecule has 0 heterocycles. The van der Waals surface area contributed by atoms with Crippen LogP contribution in [0, 0.1) is 0 Å². The van der Waals surface area contributed by atoms with Gasteiger partial charge in [-0.2, -0.15) is 0 Å². The lowest BCUT2D eigenvalue weighted by molar-refractivity contribution is -0.870. The number of phosphoric acid groups is 1. The average molecular weight is 828 g/mol. The minimum absolute atomic E-state index is 0.0565. The lowest BCUT2D eigenvalue weighted by Gasteiger charge is -2.26. The van der Waals surface area contributed by atoms with Crippen molar-refractivity contribution in [2.45, 2.75) is 154 Å². The number of likely N-dealkylation sites (N-methyl/N-ethyl adjacent to an activating group) is 1. The fourth-order valence-corrected chi connectivity index (χ4v) is 6.25. The first-order valence-electron chi connectivity index (χ1n) is 22.3. The van der Waals surface area contributed by atoms with Crippen LogP contribution in [0.15, 0.2) is 109 Å². The van der Waals surface area contributed by atoms with Gasteiger partial charge in [0.1, 0.15) is 13.2 Å². The number of hydrogen-bond donors (Lipinski definition) is 3. The number of nitrogens with one attached hydrogen (secondary N) is 1. The van der Waals surface area contributed by atoms with Crippen LogP contribution in [0.25, 0.3) is 0 Å². The van der Waals surface area contributed by atoms with E-state index in [2.05, 4.69) is 129 Å². The van der Waals surface area contributed by atoms with E-state index in [0.29, 0.717) is 30.3 Å². The number of amides is 1. The maximum atomic E-state index is 12.8. The zero-order valence-corrected chi connectivity index (χ0v) is 38.1. The molecule has 0 saturated heterocycles. The topological polar surface area (TPSA) is 105 Å². The smallest absolute Gasteiger partial charge is 0.391 e. The summed E-state index contributed by atoms with van der Waals surface area (Å²) in [5, 5.41) is 13.8. The van der Waals surface area contributed by atoms with Gasteiger partial charge < -0.3 is 19.8 Å². The highest BCUT2D eigenvalue weighted by molar-refractivity contribution is 7.47. The number of hydrogen-bond acceptors (Lipinski definition) is 5. The number of nitrogens with zero attached hydrogens (tertiary/aromatic N) is 1. The van der Waals surface area contributed by atoms with E-state index in [0.717, 1.165) is 83.5 Å². The van der Waals surface area contributed by atoms with E-state index in [4.69, 9.17) is 9.05 Å². The number of allylic oxidation sites excluding steroid dienone is 18. The van der Waals surface area contributed by atoms with Gasteiger partial charge in [0.2, 0.25) is 5.91 Å². The van der Waals surface area contributed by atoms with E-state index in [1.807, 2.05) is 21.1 Å². The first-order valence-corrected chi connectivity index (χ1v) is 23.7. The summed E-state index contributed by atoms with van der Waals surface area (Å²) >= 11 is 0. The van der Waals surface area contributed by atoms with Gasteiger partial charge >= 0.3 is 7.82 Å². The Morgan fingerprint density at radius 1 is 0.603 bits per heavy atom. The van der Waals surface area contributed by atoms with Crippen LogP contribution in [0.1, 0.15) is 142 Å². The summed E-state index contributed by atoms with van der Waals surface area (Å²) in [7, 11) is 1.55. The number of carbonyl (C=O) groups excluding carboxylic acids is 1. The third-order valence-electron chi connectivity index (χ3n) is 9.04. The Morgan fingerprint density at radius 2 is 1.02 bits per heavy atom. The Kier molecular flexibility index (Phi) is 37.7. The van der Waals surface area contributed by atoms with Crippen molar-refractivity contribution < 1.29 is 32.9 Å². The summed E-state index contributed by atoms with van der Waals surface area (Å²) in [5.41, 5.74) is 0. The minimum Gasteiger partial charge on any atom is -0.391 e. The lowest BCUT2D eigenvalue weighted by Crippen LogP contribution is -2.46. The summed E-state index contributed by atoms with van der Waals surface area (Å²) in [6.07, 6.45) is 57.3. The van der Waals surface area contributed by atoms with Gasteiger partial charge in [-0.25, -0.2) is 4.57 Å². The van der Waals surface area contributed by atoms with Crippen molar-refractivity contribution >= 4 is 13.7 Å². The predicted molar refractivity (Wildman–Crippen MR) is 249 cm³/mol. The number of aliphatic hydroxyl groups excluding tert-OH is 1. The maximum absolute atomic E-state index is 12.8. The molecule has 0 bridgehead atoms. The van der Waals surface area contributed by atoms with E-state index >= 15 is 0 Å². The molecule has 0 spiro atoms. The van der Waals surface area contributed by atoms with Crippen LogP contribution < -0.4 is 5.32 Å². The molecule has 9 heteroatoms. The Hall–Kier alpha value is -2.84. The van der Waals surface area contributed by atoms with E-state index in [9.17, 15) is 19.4 Å². The van der Waals surface area contributed by atoms with E-state index in [1.165, 1.54) is 25.7 Å². The Bertz CT molecular complexity index is 1300. The molecule has 0 aromatic rings. The molecule has 58 heavy (non-hydrogen) atoms. The van der Waals surface area contributed by atoms with Crippen LogP contribution in [0.5, 0.6) is 0 Å². The van der Waals surface area contributed by atoms with Gasteiger partial charge in [-0.3, -0.25) is 13.8 Å². The molecule has 1 amide bonds. The van der Waals surface area contributed by atoms with Crippen molar-refractivity contribution in [2.24, 2.45) is 0 Å². The van der Waals surface area contributed by atoms with Crippen LogP contribution in [-0.2, 0) is 18.4 Å². The number of unbranched alkanes of at least 4 members (excludes halogenated alkanes) is 7. The number of carbonyl (C=O) groups is 1. The molecule has 3 atom stereocenters. The number of rotatable bonds is 38. The van der Waals surface area contributed by atoms with Crippen molar-refractivity contribution in [2.75, 3.05) is 40.9 Å². The molecule has 0 aliphatic heterocycles. The summed E-state index contributed by atoms with van der Waals surface area (Å²) in [6.45, 7) is 4.64. The molecule has 0 saturated carbocycles. The molecule has 0 rings (SSSR count). The summed E-state index contributed by atoms with van der Waals surface area (Å²) in [4.78, 5) is 23.0. The van der Waals surface area contributed by atoms with Gasteiger partial charge in [0, 0.05) is 6.42 Å². The second-order valence-electron chi connectivity index (χ2n) is 15.7. The number of phosphoric ester groups is 1. The highest BCUT2D eigenvalue weighted by Gasteiger charge is 2.28.